The fourth-order valence-electron chi connectivity index (χ4n) is 4.79. The Labute approximate surface area is 350 Å². The van der Waals surface area contributed by atoms with E-state index in [1.165, 1.54) is 19.3 Å². The second kappa shape index (κ2) is 41.5. The summed E-state index contributed by atoms with van der Waals surface area (Å²) in [6.07, 6.45) is 52.8. The van der Waals surface area contributed by atoms with Gasteiger partial charge in [-0.05, 0) is 83.5 Å². The van der Waals surface area contributed by atoms with Gasteiger partial charge in [0.2, 0.25) is 0 Å². The number of ether oxygens (including phenoxy) is 2. The number of carbonyl (C=O) groups is 2. The molecular weight excluding hydrogens is 753 g/mol. The van der Waals surface area contributed by atoms with Crippen LogP contribution < -0.4 is 5.73 Å². The van der Waals surface area contributed by atoms with Crippen LogP contribution in [0.15, 0.2) is 122 Å². The highest BCUT2D eigenvalue weighted by Gasteiger charge is 2.25. The van der Waals surface area contributed by atoms with E-state index in [0.717, 1.165) is 44.9 Å². The zero-order chi connectivity index (χ0) is 42.6. The van der Waals surface area contributed by atoms with Gasteiger partial charge in [-0.2, -0.15) is 0 Å². The number of unbranched alkanes of at least 4 members (excludes halogenated alkanes) is 4. The summed E-state index contributed by atoms with van der Waals surface area (Å²) in [4.78, 5) is 34.8. The minimum atomic E-state index is -4.43. The Kier molecular flexibility index (Phi) is 38.9. The Balaban J connectivity index is 4.48. The van der Waals surface area contributed by atoms with Crippen LogP contribution in [0.2, 0.25) is 0 Å². The number of rotatable bonds is 37. The lowest BCUT2D eigenvalue weighted by Gasteiger charge is -2.19. The highest BCUT2D eigenvalue weighted by molar-refractivity contribution is 7.47. The van der Waals surface area contributed by atoms with Crippen molar-refractivity contribution in [2.45, 2.75) is 135 Å². The molecule has 0 bridgehead atoms. The summed E-state index contributed by atoms with van der Waals surface area (Å²) in [5.74, 6) is -1.05. The predicted molar refractivity (Wildman–Crippen MR) is 239 cm³/mol. The summed E-state index contributed by atoms with van der Waals surface area (Å²) in [6.45, 7) is 3.30. The molecule has 0 radical (unpaired) electrons. The van der Waals surface area contributed by atoms with Crippen molar-refractivity contribution in [2.75, 3.05) is 26.4 Å². The molecule has 0 aromatic heterocycles. The first-order chi connectivity index (χ1) is 28.2. The van der Waals surface area contributed by atoms with E-state index in [2.05, 4.69) is 80.7 Å². The number of phosphoric acid groups is 1. The quantitative estimate of drug-likeness (QED) is 0.0181. The molecule has 0 aliphatic heterocycles. The third-order valence-corrected chi connectivity index (χ3v) is 8.91. The second-order valence-electron chi connectivity index (χ2n) is 13.3. The van der Waals surface area contributed by atoms with Gasteiger partial charge in [0.15, 0.2) is 6.10 Å². The number of hydrogen-bond donors (Lipinski definition) is 3. The molecule has 0 heterocycles. The summed E-state index contributed by atoms with van der Waals surface area (Å²) in [5, 5.41) is 10.0. The van der Waals surface area contributed by atoms with Gasteiger partial charge in [-0.15, -0.1) is 0 Å². The number of esters is 2. The predicted octanol–water partition coefficient (Wildman–Crippen LogP) is 11.1. The summed E-state index contributed by atoms with van der Waals surface area (Å²) >= 11 is 0. The second-order valence-corrected chi connectivity index (χ2v) is 14.8. The maximum absolute atomic E-state index is 12.6. The van der Waals surface area contributed by atoms with Crippen LogP contribution in [0.25, 0.3) is 0 Å². The number of carbonyl (C=O) groups excluding carboxylic acids is 2. The SMILES string of the molecule is CC/C=C\C/C=C\C/C=C\C/C=C\C/C=C\C/C=C\CCC(=O)OC[C@H](COP(=O)(O)OCCN)OC(=O)CCC/C=C\C/C=C\C=C\[C@@H](O)C/C=C\CCCCC. The molecule has 3 atom stereocenters. The minimum absolute atomic E-state index is 0.0178. The lowest BCUT2D eigenvalue weighted by atomic mass is 10.1. The van der Waals surface area contributed by atoms with E-state index in [9.17, 15) is 24.2 Å². The van der Waals surface area contributed by atoms with Gasteiger partial charge in [0.1, 0.15) is 6.61 Å². The van der Waals surface area contributed by atoms with Gasteiger partial charge < -0.3 is 25.2 Å². The zero-order valence-corrected chi connectivity index (χ0v) is 36.2. The summed E-state index contributed by atoms with van der Waals surface area (Å²) in [6, 6.07) is 0. The van der Waals surface area contributed by atoms with Crippen LogP contribution in [0, 0.1) is 0 Å². The number of nitrogens with two attached hydrogens (primary N) is 1. The molecule has 11 heteroatoms. The van der Waals surface area contributed by atoms with E-state index in [-0.39, 0.29) is 32.6 Å². The van der Waals surface area contributed by atoms with Crippen molar-refractivity contribution in [1.82, 2.24) is 0 Å². The molecule has 0 amide bonds. The Bertz CT molecular complexity index is 1370. The normalized spacial score (nSPS) is 15.1. The molecule has 4 N–H and O–H groups in total. The zero-order valence-electron chi connectivity index (χ0n) is 35.3. The molecule has 0 fully saturated rings. The van der Waals surface area contributed by atoms with Crippen molar-refractivity contribution in [3.8, 4) is 0 Å². The van der Waals surface area contributed by atoms with Crippen LogP contribution in [0.1, 0.15) is 123 Å². The molecule has 58 heavy (non-hydrogen) atoms. The van der Waals surface area contributed by atoms with Crippen LogP contribution in [-0.2, 0) is 32.7 Å². The van der Waals surface area contributed by atoms with Crippen molar-refractivity contribution in [2.24, 2.45) is 5.73 Å². The summed E-state index contributed by atoms with van der Waals surface area (Å²) in [5.41, 5.74) is 5.33. The maximum atomic E-state index is 12.6. The molecule has 0 aliphatic rings. The Morgan fingerprint density at radius 1 is 0.621 bits per heavy atom. The van der Waals surface area contributed by atoms with E-state index in [1.54, 1.807) is 6.08 Å². The average molecular weight is 828 g/mol. The molecule has 0 aromatic rings. The van der Waals surface area contributed by atoms with E-state index < -0.39 is 38.6 Å². The number of hydrogen-bond acceptors (Lipinski definition) is 9. The van der Waals surface area contributed by atoms with Crippen molar-refractivity contribution >= 4 is 19.8 Å². The van der Waals surface area contributed by atoms with Gasteiger partial charge in [0.05, 0.1) is 19.3 Å². The van der Waals surface area contributed by atoms with E-state index in [0.29, 0.717) is 32.1 Å². The Hall–Kier alpha value is -3.63. The monoisotopic (exact) mass is 828 g/mol. The molecule has 0 aromatic carbocycles. The highest BCUT2D eigenvalue weighted by atomic mass is 31.2. The molecule has 0 saturated carbocycles. The lowest BCUT2D eigenvalue weighted by Crippen LogP contribution is -2.29. The summed E-state index contributed by atoms with van der Waals surface area (Å²) in [7, 11) is -4.43. The molecule has 0 saturated heterocycles. The number of phosphoric ester groups is 1. The van der Waals surface area contributed by atoms with Gasteiger partial charge in [-0.25, -0.2) is 4.57 Å². The molecule has 0 spiro atoms. The third-order valence-electron chi connectivity index (χ3n) is 7.93. The Morgan fingerprint density at radius 3 is 1.78 bits per heavy atom. The van der Waals surface area contributed by atoms with Gasteiger partial charge in [-0.3, -0.25) is 18.6 Å². The van der Waals surface area contributed by atoms with E-state index in [4.69, 9.17) is 24.3 Å². The van der Waals surface area contributed by atoms with Crippen LogP contribution in [-0.4, -0.2) is 60.5 Å². The van der Waals surface area contributed by atoms with Crippen LogP contribution in [0.4, 0.5) is 0 Å². The van der Waals surface area contributed by atoms with E-state index >= 15 is 0 Å². The third kappa shape index (κ3) is 40.6. The molecule has 10 nitrogen and oxygen atoms in total. The molecule has 0 rings (SSSR count). The van der Waals surface area contributed by atoms with E-state index in [1.807, 2.05) is 48.6 Å². The highest BCUT2D eigenvalue weighted by Crippen LogP contribution is 2.43. The smallest absolute Gasteiger partial charge is 0.462 e. The average Bonchev–Trinajstić information content (AvgIpc) is 3.21. The number of aliphatic hydroxyl groups is 1. The first kappa shape index (κ1) is 54.4. The van der Waals surface area contributed by atoms with Crippen molar-refractivity contribution in [1.29, 1.82) is 0 Å². The van der Waals surface area contributed by atoms with Gasteiger partial charge in [0, 0.05) is 19.4 Å². The van der Waals surface area contributed by atoms with Crippen molar-refractivity contribution < 1.29 is 42.7 Å². The van der Waals surface area contributed by atoms with Gasteiger partial charge in [-0.1, -0.05) is 148 Å². The fourth-order valence-corrected chi connectivity index (χ4v) is 5.56. The fraction of sp³-hybridized carbons (Fsp3) is 0.532. The molecule has 326 valence electrons. The topological polar surface area (TPSA) is 155 Å². The first-order valence-electron chi connectivity index (χ1n) is 21.1. The Morgan fingerprint density at radius 2 is 1.17 bits per heavy atom. The molecule has 1 unspecified atom stereocenters. The first-order valence-corrected chi connectivity index (χ1v) is 22.6. The minimum Gasteiger partial charge on any atom is -0.462 e. The van der Waals surface area contributed by atoms with Crippen LogP contribution in [0.5, 0.6) is 0 Å². The summed E-state index contributed by atoms with van der Waals surface area (Å²) < 4.78 is 32.6. The lowest BCUT2D eigenvalue weighted by molar-refractivity contribution is -0.161. The van der Waals surface area contributed by atoms with Crippen LogP contribution in [0.3, 0.4) is 0 Å². The maximum Gasteiger partial charge on any atom is 0.472 e. The van der Waals surface area contributed by atoms with Crippen molar-refractivity contribution in [3.05, 3.63) is 122 Å². The molecular formula is C47H74NO9P. The largest absolute Gasteiger partial charge is 0.472 e. The number of allylic oxidation sites excluding steroid dienone is 18. The number of aliphatic hydroxyl groups excluding tert-OH is 1. The standard InChI is InChI=1S/C47H74NO9P/c1-3-5-7-9-11-12-13-14-15-16-17-18-19-20-21-22-26-30-34-38-46(50)54-42-45(43-56-58(52,53)55-41-40-48)57-47(51)39-35-31-27-24-23-25-29-33-37-44(49)36-32-28-10-8-6-4-2/h5,7,11-12,14-15,17-18,20-21,24-30,32-33,37,44-45,49H,3-4,6,8-10,13,16,19,22-23,31,34-36,38-43,48H2,1-2H3,(H,52,53)/b7-5-,12-11-,15-14-,18-17-,21-20-,27-24-,29-25-,30-26-,32-28-,37-33+/t44-,45+/m0/s1. The van der Waals surface area contributed by atoms with Crippen LogP contribution >= 0.6 is 7.82 Å². The van der Waals surface area contributed by atoms with Crippen molar-refractivity contribution in [3.63, 3.8) is 0 Å². The molecule has 0 aliphatic carbocycles. The van der Waals surface area contributed by atoms with Gasteiger partial charge >= 0.3 is 19.8 Å². The van der Waals surface area contributed by atoms with Gasteiger partial charge in [0.25, 0.3) is 0 Å².